The van der Waals surface area contributed by atoms with E-state index < -0.39 is 0 Å². The molecule has 66 heavy (non-hydrogen) atoms. The van der Waals surface area contributed by atoms with E-state index in [1.54, 1.807) is 6.07 Å². The average molecular weight is 842 g/mol. The first-order valence-corrected chi connectivity index (χ1v) is 21.7. The Morgan fingerprint density at radius 3 is 1.70 bits per heavy atom. The fraction of sp³-hybridized carbons (Fsp3) is 0. The molecule has 0 bridgehead atoms. The van der Waals surface area contributed by atoms with Gasteiger partial charge in [0.15, 0.2) is 23.2 Å². The molecule has 7 nitrogen and oxygen atoms in total. The monoisotopic (exact) mass is 841 g/mol. The average Bonchev–Trinajstić information content (AvgIpc) is 3.91. The van der Waals surface area contributed by atoms with Gasteiger partial charge in [0.25, 0.3) is 0 Å². The Hall–Kier alpha value is -9.43. The zero-order chi connectivity index (χ0) is 44.1. The van der Waals surface area contributed by atoms with Gasteiger partial charge in [-0.3, -0.25) is 0 Å². The minimum atomic E-state index is 0.429. The van der Waals surface area contributed by atoms with Crippen molar-refractivity contribution in [2.45, 2.75) is 0 Å². The number of fused-ring (bicyclic) bond motifs is 6. The molecule has 9 aromatic carbocycles. The van der Waals surface area contributed by atoms with Crippen molar-refractivity contribution >= 4 is 49.3 Å². The Morgan fingerprint density at radius 1 is 0.409 bits per heavy atom. The van der Waals surface area contributed by atoms with Gasteiger partial charge in [0.05, 0.1) is 40.4 Å². The standard InChI is InChI=1S/C59H35N7/c1-61-44-33-38(37-60)32-43(34-44)41-28-30-53-49(35-41)47-22-11-13-25-51(47)66(53)54-31-29-42(46-24-15-27-55-56(46)48-23-12-14-26-52(48)65(55)45-20-9-4-10-21-45)36-50(54)59-63-57(39-16-5-2-6-17-39)62-58(64-59)40-18-7-3-8-19-40/h2-36H. The van der Waals surface area contributed by atoms with Gasteiger partial charge in [0, 0.05) is 49.5 Å². The summed E-state index contributed by atoms with van der Waals surface area (Å²) in [4.78, 5) is 19.4. The van der Waals surface area contributed by atoms with Crippen LogP contribution in [0.25, 0.3) is 116 Å². The minimum absolute atomic E-state index is 0.429. The van der Waals surface area contributed by atoms with Crippen molar-refractivity contribution in [2.75, 3.05) is 0 Å². The summed E-state index contributed by atoms with van der Waals surface area (Å²) in [7, 11) is 0. The number of benzene rings is 9. The molecule has 0 aliphatic heterocycles. The van der Waals surface area contributed by atoms with Gasteiger partial charge >= 0.3 is 0 Å². The van der Waals surface area contributed by atoms with Crippen LogP contribution in [0.15, 0.2) is 212 Å². The highest BCUT2D eigenvalue weighted by Gasteiger charge is 2.23. The van der Waals surface area contributed by atoms with E-state index in [1.165, 1.54) is 0 Å². The van der Waals surface area contributed by atoms with Gasteiger partial charge in [-0.15, -0.1) is 0 Å². The first kappa shape index (κ1) is 38.3. The molecule has 0 N–H and O–H groups in total. The Labute approximate surface area is 380 Å². The zero-order valence-electron chi connectivity index (χ0n) is 35.3. The SMILES string of the molecule is [C-]#[N+]c1cc(C#N)cc(-c2ccc3c(c2)c2ccccc2n3-c2ccc(-c3cccc4c3c3ccccc3n4-c3ccccc3)cc2-c2nc(-c3ccccc3)nc(-c3ccccc3)n2)c1. The summed E-state index contributed by atoms with van der Waals surface area (Å²) in [5.74, 6) is 1.70. The molecular weight excluding hydrogens is 807 g/mol. The fourth-order valence-corrected chi connectivity index (χ4v) is 9.44. The number of nitriles is 1. The molecule has 0 unspecified atom stereocenters. The van der Waals surface area contributed by atoms with Crippen LogP contribution >= 0.6 is 0 Å². The Kier molecular flexibility index (Phi) is 9.12. The van der Waals surface area contributed by atoms with Crippen LogP contribution in [0.1, 0.15) is 5.56 Å². The summed E-state index contributed by atoms with van der Waals surface area (Å²) in [6.07, 6.45) is 0. The maximum atomic E-state index is 9.82. The summed E-state index contributed by atoms with van der Waals surface area (Å²) >= 11 is 0. The lowest BCUT2D eigenvalue weighted by Gasteiger charge is -2.17. The molecule has 12 rings (SSSR count). The molecule has 0 fully saturated rings. The second kappa shape index (κ2) is 15.7. The predicted molar refractivity (Wildman–Crippen MR) is 267 cm³/mol. The van der Waals surface area contributed by atoms with Gasteiger partial charge in [-0.25, -0.2) is 19.8 Å². The van der Waals surface area contributed by atoms with Crippen molar-refractivity contribution in [1.82, 2.24) is 24.1 Å². The highest BCUT2D eigenvalue weighted by atomic mass is 15.1. The van der Waals surface area contributed by atoms with Crippen LogP contribution in [0.5, 0.6) is 0 Å². The van der Waals surface area contributed by atoms with E-state index in [9.17, 15) is 5.26 Å². The van der Waals surface area contributed by atoms with Crippen LogP contribution in [-0.2, 0) is 0 Å². The third kappa shape index (κ3) is 6.39. The van der Waals surface area contributed by atoms with Crippen LogP contribution in [0.3, 0.4) is 0 Å². The molecule has 3 aromatic heterocycles. The van der Waals surface area contributed by atoms with Gasteiger partial charge in [-0.2, -0.15) is 5.26 Å². The molecule has 3 heterocycles. The summed E-state index contributed by atoms with van der Waals surface area (Å²) in [5, 5.41) is 14.2. The third-order valence-corrected chi connectivity index (χ3v) is 12.4. The first-order valence-electron chi connectivity index (χ1n) is 21.7. The molecule has 0 aliphatic rings. The number of nitrogens with zero attached hydrogens (tertiary/aromatic N) is 7. The lowest BCUT2D eigenvalue weighted by molar-refractivity contribution is 1.06. The number of hydrogen-bond acceptors (Lipinski definition) is 4. The smallest absolute Gasteiger partial charge is 0.189 e. The molecule has 12 aromatic rings. The Bertz CT molecular complexity index is 3860. The predicted octanol–water partition coefficient (Wildman–Crippen LogP) is 14.8. The lowest BCUT2D eigenvalue weighted by atomic mass is 9.96. The number of rotatable bonds is 7. The molecule has 0 spiro atoms. The van der Waals surface area contributed by atoms with E-state index in [0.717, 1.165) is 93.9 Å². The van der Waals surface area contributed by atoms with Crippen LogP contribution < -0.4 is 0 Å². The molecule has 306 valence electrons. The summed E-state index contributed by atoms with van der Waals surface area (Å²) in [5.41, 5.74) is 13.6. The van der Waals surface area contributed by atoms with Crippen molar-refractivity contribution < 1.29 is 0 Å². The van der Waals surface area contributed by atoms with Crippen LogP contribution in [0.2, 0.25) is 0 Å². The maximum Gasteiger partial charge on any atom is 0.189 e. The molecule has 0 saturated carbocycles. The minimum Gasteiger partial charge on any atom is -0.309 e. The molecule has 0 radical (unpaired) electrons. The molecule has 0 amide bonds. The summed E-state index contributed by atoms with van der Waals surface area (Å²) in [6.45, 7) is 7.71. The summed E-state index contributed by atoms with van der Waals surface area (Å²) in [6, 6.07) is 74.9. The topological polar surface area (TPSA) is 76.7 Å². The molecule has 0 saturated heterocycles. The normalized spacial score (nSPS) is 11.3. The van der Waals surface area contributed by atoms with E-state index in [4.69, 9.17) is 21.5 Å². The second-order valence-electron chi connectivity index (χ2n) is 16.2. The summed E-state index contributed by atoms with van der Waals surface area (Å²) < 4.78 is 4.65. The van der Waals surface area contributed by atoms with Crippen LogP contribution in [0, 0.1) is 17.9 Å². The molecular formula is C59H35N7. The quantitative estimate of drug-likeness (QED) is 0.150. The van der Waals surface area contributed by atoms with Crippen LogP contribution in [-0.4, -0.2) is 24.1 Å². The van der Waals surface area contributed by atoms with E-state index in [0.29, 0.717) is 28.7 Å². The van der Waals surface area contributed by atoms with Crippen molar-refractivity contribution in [3.05, 3.63) is 229 Å². The lowest BCUT2D eigenvalue weighted by Crippen LogP contribution is -2.04. The van der Waals surface area contributed by atoms with Gasteiger partial charge in [0.1, 0.15) is 0 Å². The number of para-hydroxylation sites is 3. The molecule has 0 aliphatic carbocycles. The maximum absolute atomic E-state index is 9.82. The molecule has 0 atom stereocenters. The molecule has 7 heteroatoms. The van der Waals surface area contributed by atoms with Gasteiger partial charge in [-0.05, 0) is 95.1 Å². The largest absolute Gasteiger partial charge is 0.309 e. The highest BCUT2D eigenvalue weighted by molar-refractivity contribution is 6.16. The number of aromatic nitrogens is 5. The van der Waals surface area contributed by atoms with Gasteiger partial charge in [0.2, 0.25) is 0 Å². The Balaban J connectivity index is 1.15. The Morgan fingerprint density at radius 2 is 1.00 bits per heavy atom. The highest BCUT2D eigenvalue weighted by Crippen LogP contribution is 2.43. The zero-order valence-corrected chi connectivity index (χ0v) is 35.3. The van der Waals surface area contributed by atoms with Crippen LogP contribution in [0.4, 0.5) is 5.69 Å². The third-order valence-electron chi connectivity index (χ3n) is 12.4. The van der Waals surface area contributed by atoms with Crippen molar-refractivity contribution in [3.8, 4) is 73.9 Å². The second-order valence-corrected chi connectivity index (χ2v) is 16.2. The van der Waals surface area contributed by atoms with E-state index in [2.05, 4.69) is 154 Å². The van der Waals surface area contributed by atoms with Gasteiger partial charge < -0.3 is 9.13 Å². The fourth-order valence-electron chi connectivity index (χ4n) is 9.44. The number of hydrogen-bond donors (Lipinski definition) is 0. The van der Waals surface area contributed by atoms with E-state index in [-0.39, 0.29) is 0 Å². The van der Waals surface area contributed by atoms with Crippen molar-refractivity contribution in [1.29, 1.82) is 5.26 Å². The first-order chi connectivity index (χ1) is 32.6. The van der Waals surface area contributed by atoms with Crippen molar-refractivity contribution in [3.63, 3.8) is 0 Å². The van der Waals surface area contributed by atoms with E-state index in [1.807, 2.05) is 72.8 Å². The van der Waals surface area contributed by atoms with Crippen molar-refractivity contribution in [2.24, 2.45) is 0 Å². The van der Waals surface area contributed by atoms with E-state index >= 15 is 0 Å². The van der Waals surface area contributed by atoms with Gasteiger partial charge in [-0.1, -0.05) is 140 Å².